The molecule has 3 heterocycles. The molecule has 0 aliphatic carbocycles. The Morgan fingerprint density at radius 3 is 2.37 bits per heavy atom. The first-order chi connectivity index (χ1) is 13.2. The monoisotopic (exact) mass is 367 g/mol. The van der Waals surface area contributed by atoms with Crippen molar-refractivity contribution in [3.8, 4) is 23.0 Å². The average molecular weight is 367 g/mol. The van der Waals surface area contributed by atoms with Crippen LogP contribution in [0.4, 0.5) is 0 Å². The molecule has 0 amide bonds. The Hall–Kier alpha value is -2.40. The lowest BCUT2D eigenvalue weighted by atomic mass is 9.78. The van der Waals surface area contributed by atoms with Gasteiger partial charge in [0.2, 0.25) is 6.79 Å². The van der Waals surface area contributed by atoms with Crippen LogP contribution >= 0.6 is 0 Å². The van der Waals surface area contributed by atoms with Crippen LogP contribution in [0.2, 0.25) is 0 Å². The van der Waals surface area contributed by atoms with E-state index >= 15 is 0 Å². The van der Waals surface area contributed by atoms with Gasteiger partial charge in [0.15, 0.2) is 17.7 Å². The van der Waals surface area contributed by atoms with E-state index in [-0.39, 0.29) is 18.9 Å². The highest BCUT2D eigenvalue weighted by molar-refractivity contribution is 5.56. The second kappa shape index (κ2) is 6.64. The third kappa shape index (κ3) is 2.81. The summed E-state index contributed by atoms with van der Waals surface area (Å²) in [6, 6.07) is 12.5. The predicted molar refractivity (Wildman–Crippen MR) is 102 cm³/mol. The second-order valence-electron chi connectivity index (χ2n) is 7.60. The van der Waals surface area contributed by atoms with Crippen molar-refractivity contribution >= 4 is 0 Å². The molecule has 2 aromatic carbocycles. The minimum absolute atomic E-state index is 0.0764. The van der Waals surface area contributed by atoms with Crippen LogP contribution in [0.15, 0.2) is 36.4 Å². The van der Waals surface area contributed by atoms with Gasteiger partial charge in [0.1, 0.15) is 11.5 Å². The van der Waals surface area contributed by atoms with Crippen molar-refractivity contribution < 1.29 is 18.9 Å². The molecule has 5 rings (SSSR count). The summed E-state index contributed by atoms with van der Waals surface area (Å²) in [5.41, 5.74) is 2.45. The van der Waals surface area contributed by atoms with E-state index in [2.05, 4.69) is 30.0 Å². The molecule has 5 heteroatoms. The van der Waals surface area contributed by atoms with Crippen molar-refractivity contribution in [3.63, 3.8) is 0 Å². The van der Waals surface area contributed by atoms with Crippen LogP contribution in [0.5, 0.6) is 23.0 Å². The molecule has 3 aliphatic heterocycles. The summed E-state index contributed by atoms with van der Waals surface area (Å²) < 4.78 is 23.1. The smallest absolute Gasteiger partial charge is 0.231 e. The van der Waals surface area contributed by atoms with Crippen LogP contribution in [0.1, 0.15) is 36.8 Å². The number of hydrogen-bond acceptors (Lipinski definition) is 5. The van der Waals surface area contributed by atoms with Gasteiger partial charge in [-0.1, -0.05) is 19.1 Å². The van der Waals surface area contributed by atoms with Gasteiger partial charge in [-0.3, -0.25) is 4.90 Å². The minimum atomic E-state index is 0.0764. The molecule has 142 valence electrons. The van der Waals surface area contributed by atoms with Crippen molar-refractivity contribution in [1.82, 2.24) is 4.90 Å². The lowest BCUT2D eigenvalue weighted by molar-refractivity contribution is -0.0178. The van der Waals surface area contributed by atoms with Gasteiger partial charge in [-0.25, -0.2) is 0 Å². The summed E-state index contributed by atoms with van der Waals surface area (Å²) >= 11 is 0. The van der Waals surface area contributed by atoms with Crippen molar-refractivity contribution in [2.45, 2.75) is 31.9 Å². The van der Waals surface area contributed by atoms with Gasteiger partial charge in [0.25, 0.3) is 0 Å². The lowest BCUT2D eigenvalue weighted by Crippen LogP contribution is -2.46. The largest absolute Gasteiger partial charge is 0.497 e. The summed E-state index contributed by atoms with van der Waals surface area (Å²) in [5.74, 6) is 3.93. The van der Waals surface area contributed by atoms with Crippen molar-refractivity contribution in [1.29, 1.82) is 0 Å². The standard InChI is InChI=1S/C22H25NO4/c1-14-21(15-5-7-16(24-2)8-6-15)17-11-19-20(26-13-25-19)12-18(17)27-22(14)23-9-3-4-10-23/h5-8,11-12,14,21-22H,3-4,9-10,13H2,1-2H3/t14-,21-,22-/m1/s1. The second-order valence-corrected chi connectivity index (χ2v) is 7.60. The van der Waals surface area contributed by atoms with Crippen LogP contribution < -0.4 is 18.9 Å². The Bertz CT molecular complexity index is 829. The van der Waals surface area contributed by atoms with Crippen LogP contribution in [-0.2, 0) is 0 Å². The van der Waals surface area contributed by atoms with Gasteiger partial charge >= 0.3 is 0 Å². The van der Waals surface area contributed by atoms with Crippen molar-refractivity contribution in [2.75, 3.05) is 27.0 Å². The van der Waals surface area contributed by atoms with Gasteiger partial charge in [0.05, 0.1) is 7.11 Å². The molecule has 0 spiro atoms. The zero-order chi connectivity index (χ0) is 18.4. The Morgan fingerprint density at radius 1 is 0.963 bits per heavy atom. The molecule has 3 atom stereocenters. The molecule has 0 aromatic heterocycles. The fourth-order valence-corrected chi connectivity index (χ4v) is 4.67. The molecule has 0 N–H and O–H groups in total. The number of hydrogen-bond donors (Lipinski definition) is 0. The Labute approximate surface area is 159 Å². The maximum Gasteiger partial charge on any atom is 0.231 e. The van der Waals surface area contributed by atoms with E-state index in [4.69, 9.17) is 18.9 Å². The summed E-state index contributed by atoms with van der Waals surface area (Å²) in [5, 5.41) is 0. The highest BCUT2D eigenvalue weighted by Gasteiger charge is 2.41. The molecular formula is C22H25NO4. The van der Waals surface area contributed by atoms with E-state index in [1.165, 1.54) is 24.0 Å². The third-order valence-electron chi connectivity index (χ3n) is 6.04. The molecule has 1 saturated heterocycles. The van der Waals surface area contributed by atoms with Crippen molar-refractivity contribution in [3.05, 3.63) is 47.5 Å². The molecular weight excluding hydrogens is 342 g/mol. The van der Waals surface area contributed by atoms with Gasteiger partial charge in [-0.05, 0) is 36.6 Å². The van der Waals surface area contributed by atoms with Crippen LogP contribution in [-0.4, -0.2) is 38.1 Å². The molecule has 1 fully saturated rings. The zero-order valence-corrected chi connectivity index (χ0v) is 15.8. The van der Waals surface area contributed by atoms with Gasteiger partial charge < -0.3 is 18.9 Å². The van der Waals surface area contributed by atoms with Crippen LogP contribution in [0, 0.1) is 5.92 Å². The number of benzene rings is 2. The van der Waals surface area contributed by atoms with Gasteiger partial charge in [0, 0.05) is 36.6 Å². The van der Waals surface area contributed by atoms with E-state index in [1.54, 1.807) is 7.11 Å². The average Bonchev–Trinajstić information content (AvgIpc) is 3.38. The van der Waals surface area contributed by atoms with E-state index in [9.17, 15) is 0 Å². The fourth-order valence-electron chi connectivity index (χ4n) is 4.67. The van der Waals surface area contributed by atoms with E-state index < -0.39 is 0 Å². The highest BCUT2D eigenvalue weighted by atomic mass is 16.7. The number of methoxy groups -OCH3 is 1. The lowest BCUT2D eigenvalue weighted by Gasteiger charge is -2.42. The molecule has 27 heavy (non-hydrogen) atoms. The van der Waals surface area contributed by atoms with Crippen LogP contribution in [0.25, 0.3) is 0 Å². The molecule has 0 bridgehead atoms. The predicted octanol–water partition coefficient (Wildman–Crippen LogP) is 4.01. The molecule has 2 aromatic rings. The van der Waals surface area contributed by atoms with Gasteiger partial charge in [-0.2, -0.15) is 0 Å². The topological polar surface area (TPSA) is 40.2 Å². The first-order valence-corrected chi connectivity index (χ1v) is 9.73. The normalized spacial score (nSPS) is 26.5. The first kappa shape index (κ1) is 16.8. The molecule has 3 aliphatic rings. The quantitative estimate of drug-likeness (QED) is 0.820. The summed E-state index contributed by atoms with van der Waals surface area (Å²) in [7, 11) is 1.70. The maximum absolute atomic E-state index is 6.52. The van der Waals surface area contributed by atoms with E-state index in [0.29, 0.717) is 5.92 Å². The summed E-state index contributed by atoms with van der Waals surface area (Å²) in [4.78, 5) is 2.48. The summed E-state index contributed by atoms with van der Waals surface area (Å²) in [6.07, 6.45) is 2.56. The highest BCUT2D eigenvalue weighted by Crippen LogP contribution is 2.50. The number of ether oxygens (including phenoxy) is 4. The number of fused-ring (bicyclic) bond motifs is 2. The SMILES string of the molecule is COc1ccc([C@@H]2c3cc4c(cc3O[C@@H](N3CCCC3)[C@@H]2C)OCO4)cc1. The van der Waals surface area contributed by atoms with E-state index in [1.807, 2.05) is 18.2 Å². The Morgan fingerprint density at radius 2 is 1.67 bits per heavy atom. The third-order valence-corrected chi connectivity index (χ3v) is 6.04. The summed E-state index contributed by atoms with van der Waals surface area (Å²) in [6.45, 7) is 4.77. The number of rotatable bonds is 3. The van der Waals surface area contributed by atoms with Crippen LogP contribution in [0.3, 0.4) is 0 Å². The van der Waals surface area contributed by atoms with E-state index in [0.717, 1.165) is 36.1 Å². The Balaban J connectivity index is 1.60. The van der Waals surface area contributed by atoms with Gasteiger partial charge in [-0.15, -0.1) is 0 Å². The molecule has 0 saturated carbocycles. The number of nitrogens with zero attached hydrogens (tertiary/aromatic N) is 1. The molecule has 0 unspecified atom stereocenters. The number of likely N-dealkylation sites (tertiary alicyclic amines) is 1. The zero-order valence-electron chi connectivity index (χ0n) is 15.8. The molecule has 0 radical (unpaired) electrons. The van der Waals surface area contributed by atoms with Crippen molar-refractivity contribution in [2.24, 2.45) is 5.92 Å². The Kier molecular flexibility index (Phi) is 4.12. The minimum Gasteiger partial charge on any atom is -0.497 e. The fraction of sp³-hybridized carbons (Fsp3) is 0.455. The first-order valence-electron chi connectivity index (χ1n) is 9.73. The maximum atomic E-state index is 6.52. The molecule has 5 nitrogen and oxygen atoms in total.